The lowest BCUT2D eigenvalue weighted by molar-refractivity contribution is -0.111. The van der Waals surface area contributed by atoms with Crippen LogP contribution in [0.1, 0.15) is 27.2 Å². The number of nitrogens with zero attached hydrogens (tertiary/aromatic N) is 1. The third-order valence-electron chi connectivity index (χ3n) is 4.67. The van der Waals surface area contributed by atoms with Crippen molar-refractivity contribution in [3.63, 3.8) is 0 Å². The number of aryl methyl sites for hydroxylation is 1. The number of thiophene rings is 1. The normalized spacial score (nSPS) is 13.4. The number of nitrogens with one attached hydrogen (secondary N) is 1. The maximum atomic E-state index is 12.9. The van der Waals surface area contributed by atoms with E-state index in [0.717, 1.165) is 34.7 Å². The van der Waals surface area contributed by atoms with Gasteiger partial charge in [0.15, 0.2) is 0 Å². The van der Waals surface area contributed by atoms with Crippen LogP contribution in [0.3, 0.4) is 0 Å². The zero-order valence-corrected chi connectivity index (χ0v) is 16.1. The van der Waals surface area contributed by atoms with E-state index in [9.17, 15) is 9.59 Å². The van der Waals surface area contributed by atoms with Gasteiger partial charge in [0.25, 0.3) is 5.91 Å². The minimum atomic E-state index is -0.165. The van der Waals surface area contributed by atoms with Crippen molar-refractivity contribution in [2.24, 2.45) is 0 Å². The number of fused-ring (bicyclic) bond motifs is 1. The number of hydrogen-bond donors (Lipinski definition) is 1. The van der Waals surface area contributed by atoms with Crippen molar-refractivity contribution in [2.75, 3.05) is 16.8 Å². The topological polar surface area (TPSA) is 49.4 Å². The van der Waals surface area contributed by atoms with Crippen LogP contribution < -0.4 is 10.2 Å². The molecule has 0 unspecified atom stereocenters. The van der Waals surface area contributed by atoms with E-state index in [1.165, 1.54) is 6.08 Å². The molecule has 0 saturated heterocycles. The van der Waals surface area contributed by atoms with Crippen molar-refractivity contribution in [3.05, 3.63) is 88.1 Å². The Labute approximate surface area is 168 Å². The lowest BCUT2D eigenvalue weighted by Gasteiger charge is -2.30. The van der Waals surface area contributed by atoms with Crippen LogP contribution in [-0.2, 0) is 11.2 Å². The van der Waals surface area contributed by atoms with E-state index in [1.54, 1.807) is 17.4 Å². The van der Waals surface area contributed by atoms with Crippen molar-refractivity contribution in [1.82, 2.24) is 0 Å². The molecule has 1 aliphatic heterocycles. The largest absolute Gasteiger partial charge is 0.323 e. The lowest BCUT2D eigenvalue weighted by atomic mass is 10.00. The van der Waals surface area contributed by atoms with Crippen molar-refractivity contribution in [3.8, 4) is 0 Å². The second-order valence-corrected chi connectivity index (χ2v) is 7.59. The molecule has 0 spiro atoms. The third kappa shape index (κ3) is 4.05. The molecule has 0 saturated carbocycles. The molecule has 0 bridgehead atoms. The van der Waals surface area contributed by atoms with E-state index < -0.39 is 0 Å². The summed E-state index contributed by atoms with van der Waals surface area (Å²) in [7, 11) is 0. The molecule has 1 aromatic heterocycles. The Morgan fingerprint density at radius 3 is 2.68 bits per heavy atom. The van der Waals surface area contributed by atoms with Crippen molar-refractivity contribution < 1.29 is 9.59 Å². The molecule has 4 rings (SSSR count). The molecule has 1 aliphatic rings. The number of rotatable bonds is 4. The minimum Gasteiger partial charge on any atom is -0.323 e. The highest BCUT2D eigenvalue weighted by Crippen LogP contribution is 2.31. The molecular weight excluding hydrogens is 368 g/mol. The van der Waals surface area contributed by atoms with Crippen LogP contribution in [0.4, 0.5) is 11.4 Å². The first-order valence-corrected chi connectivity index (χ1v) is 10.1. The molecule has 140 valence electrons. The Kier molecular flexibility index (Phi) is 5.35. The molecule has 2 heterocycles. The second-order valence-electron chi connectivity index (χ2n) is 6.61. The van der Waals surface area contributed by atoms with E-state index >= 15 is 0 Å². The Morgan fingerprint density at radius 2 is 1.89 bits per heavy atom. The van der Waals surface area contributed by atoms with Crippen LogP contribution in [0.5, 0.6) is 0 Å². The first-order chi connectivity index (χ1) is 13.7. The van der Waals surface area contributed by atoms with Crippen molar-refractivity contribution >= 4 is 40.6 Å². The van der Waals surface area contributed by atoms with Gasteiger partial charge in [-0.15, -0.1) is 11.3 Å². The van der Waals surface area contributed by atoms with Gasteiger partial charge in [-0.3, -0.25) is 9.59 Å². The quantitative estimate of drug-likeness (QED) is 0.640. The summed E-state index contributed by atoms with van der Waals surface area (Å²) in [6.07, 6.45) is 5.14. The van der Waals surface area contributed by atoms with Gasteiger partial charge in [-0.05, 0) is 66.3 Å². The smallest absolute Gasteiger partial charge is 0.258 e. The van der Waals surface area contributed by atoms with Gasteiger partial charge in [0.2, 0.25) is 5.91 Å². The maximum Gasteiger partial charge on any atom is 0.258 e. The fourth-order valence-electron chi connectivity index (χ4n) is 3.35. The van der Waals surface area contributed by atoms with Gasteiger partial charge in [-0.2, -0.15) is 0 Å². The first kappa shape index (κ1) is 18.2. The third-order valence-corrected chi connectivity index (χ3v) is 5.51. The van der Waals surface area contributed by atoms with Gasteiger partial charge >= 0.3 is 0 Å². The number of benzene rings is 2. The molecule has 2 aromatic carbocycles. The summed E-state index contributed by atoms with van der Waals surface area (Å²) >= 11 is 1.59. The fourth-order valence-corrected chi connectivity index (χ4v) is 3.97. The number of hydrogen-bond acceptors (Lipinski definition) is 3. The average molecular weight is 388 g/mol. The van der Waals surface area contributed by atoms with Gasteiger partial charge in [0, 0.05) is 34.4 Å². The summed E-state index contributed by atoms with van der Waals surface area (Å²) in [5.74, 6) is -0.154. The van der Waals surface area contributed by atoms with Crippen molar-refractivity contribution in [1.29, 1.82) is 0 Å². The Morgan fingerprint density at radius 1 is 1.04 bits per heavy atom. The van der Waals surface area contributed by atoms with Crippen molar-refractivity contribution in [2.45, 2.75) is 12.8 Å². The predicted molar refractivity (Wildman–Crippen MR) is 115 cm³/mol. The summed E-state index contributed by atoms with van der Waals surface area (Å²) in [6, 6.07) is 19.0. The Balaban J connectivity index is 1.50. The summed E-state index contributed by atoms with van der Waals surface area (Å²) in [5.41, 5.74) is 3.43. The molecule has 1 N–H and O–H groups in total. The van der Waals surface area contributed by atoms with E-state index in [4.69, 9.17) is 0 Å². The maximum absolute atomic E-state index is 12.9. The Bertz CT molecular complexity index is 1010. The molecule has 0 atom stereocenters. The van der Waals surface area contributed by atoms with E-state index in [1.807, 2.05) is 70.9 Å². The standard InChI is InChI=1S/C23H20N2O2S/c26-22(13-11-20-9-5-15-28-20)24-19-10-12-21-18(16-19)8-4-14-25(21)23(27)17-6-2-1-3-7-17/h1-3,5-7,9-13,15-16H,4,8,14H2,(H,24,26). The fraction of sp³-hybridized carbons (Fsp3) is 0.130. The summed E-state index contributed by atoms with van der Waals surface area (Å²) in [6.45, 7) is 0.704. The SMILES string of the molecule is O=C(C=Cc1cccs1)Nc1ccc2c(c1)CCCN2C(=O)c1ccccc1. The number of anilines is 2. The zero-order chi connectivity index (χ0) is 19.3. The summed E-state index contributed by atoms with van der Waals surface area (Å²) in [4.78, 5) is 27.9. The van der Waals surface area contributed by atoms with Gasteiger partial charge < -0.3 is 10.2 Å². The Hall–Kier alpha value is -3.18. The van der Waals surface area contributed by atoms with E-state index in [-0.39, 0.29) is 11.8 Å². The lowest BCUT2D eigenvalue weighted by Crippen LogP contribution is -2.35. The minimum absolute atomic E-state index is 0.0113. The number of amides is 2. The van der Waals surface area contributed by atoms with Gasteiger partial charge in [0.1, 0.15) is 0 Å². The predicted octanol–water partition coefficient (Wildman–Crippen LogP) is 4.99. The van der Waals surface area contributed by atoms with Crippen LogP contribution in [0.2, 0.25) is 0 Å². The van der Waals surface area contributed by atoms with Crippen LogP contribution in [-0.4, -0.2) is 18.4 Å². The van der Waals surface area contributed by atoms with Crippen LogP contribution in [0.25, 0.3) is 6.08 Å². The summed E-state index contributed by atoms with van der Waals surface area (Å²) in [5, 5.41) is 4.88. The van der Waals surface area contributed by atoms with E-state index in [2.05, 4.69) is 5.32 Å². The highest BCUT2D eigenvalue weighted by Gasteiger charge is 2.23. The molecular formula is C23H20N2O2S. The molecule has 4 nitrogen and oxygen atoms in total. The van der Waals surface area contributed by atoms with Crippen LogP contribution in [0, 0.1) is 0 Å². The molecule has 0 aliphatic carbocycles. The number of carbonyl (C=O) groups is 2. The van der Waals surface area contributed by atoms with E-state index in [0.29, 0.717) is 12.1 Å². The number of carbonyl (C=O) groups excluding carboxylic acids is 2. The highest BCUT2D eigenvalue weighted by molar-refractivity contribution is 7.10. The van der Waals surface area contributed by atoms with Gasteiger partial charge in [-0.1, -0.05) is 24.3 Å². The van der Waals surface area contributed by atoms with Crippen LogP contribution >= 0.6 is 11.3 Å². The molecule has 3 aromatic rings. The molecule has 0 radical (unpaired) electrons. The molecule has 0 fully saturated rings. The average Bonchev–Trinajstić information content (AvgIpc) is 3.25. The zero-order valence-electron chi connectivity index (χ0n) is 15.3. The van der Waals surface area contributed by atoms with Crippen LogP contribution in [0.15, 0.2) is 72.1 Å². The highest BCUT2D eigenvalue weighted by atomic mass is 32.1. The molecule has 5 heteroatoms. The molecule has 28 heavy (non-hydrogen) atoms. The van der Waals surface area contributed by atoms with Gasteiger partial charge in [-0.25, -0.2) is 0 Å². The summed E-state index contributed by atoms with van der Waals surface area (Å²) < 4.78 is 0. The van der Waals surface area contributed by atoms with Gasteiger partial charge in [0.05, 0.1) is 0 Å². The molecule has 2 amide bonds. The monoisotopic (exact) mass is 388 g/mol. The second kappa shape index (κ2) is 8.23. The first-order valence-electron chi connectivity index (χ1n) is 9.23.